The molecule has 8 heteroatoms. The van der Waals surface area contributed by atoms with E-state index in [2.05, 4.69) is 46.5 Å². The first-order valence-electron chi connectivity index (χ1n) is 10.2. The van der Waals surface area contributed by atoms with Crippen LogP contribution in [-0.4, -0.2) is 85.5 Å². The minimum absolute atomic E-state index is 0. The smallest absolute Gasteiger partial charge is 0.236 e. The van der Waals surface area contributed by atoms with Crippen LogP contribution in [0.15, 0.2) is 22.5 Å². The van der Waals surface area contributed by atoms with Crippen molar-refractivity contribution >= 4 is 47.2 Å². The van der Waals surface area contributed by atoms with E-state index >= 15 is 0 Å². The number of guanidine groups is 1. The van der Waals surface area contributed by atoms with Gasteiger partial charge in [0.25, 0.3) is 0 Å². The predicted molar refractivity (Wildman–Crippen MR) is 128 cm³/mol. The normalized spacial score (nSPS) is 19.4. The number of aliphatic imine (C=N–C) groups is 1. The van der Waals surface area contributed by atoms with Gasteiger partial charge in [0, 0.05) is 56.6 Å². The number of nitrogens with zero attached hydrogens (tertiary/aromatic N) is 4. The Morgan fingerprint density at radius 2 is 1.89 bits per heavy atom. The van der Waals surface area contributed by atoms with Gasteiger partial charge in [-0.05, 0) is 31.2 Å². The van der Waals surface area contributed by atoms with Gasteiger partial charge in [0.2, 0.25) is 5.91 Å². The SMILES string of the molecule is CCNC(=NCC(C)c1cccs1)N1CCN(CC(=O)N2CCCC2)CC1.I. The van der Waals surface area contributed by atoms with E-state index < -0.39 is 0 Å². The van der Waals surface area contributed by atoms with Gasteiger partial charge in [-0.1, -0.05) is 13.0 Å². The lowest BCUT2D eigenvalue weighted by Gasteiger charge is -2.36. The van der Waals surface area contributed by atoms with E-state index in [0.29, 0.717) is 18.4 Å². The summed E-state index contributed by atoms with van der Waals surface area (Å²) in [5.41, 5.74) is 0. The number of likely N-dealkylation sites (tertiary alicyclic amines) is 1. The minimum Gasteiger partial charge on any atom is -0.357 e. The molecular formula is C20H34IN5OS. The van der Waals surface area contributed by atoms with Gasteiger partial charge in [-0.3, -0.25) is 14.7 Å². The zero-order chi connectivity index (χ0) is 19.1. The molecule has 1 N–H and O–H groups in total. The second-order valence-corrected chi connectivity index (χ2v) is 8.44. The van der Waals surface area contributed by atoms with E-state index in [0.717, 1.165) is 71.2 Å². The maximum atomic E-state index is 12.4. The van der Waals surface area contributed by atoms with Gasteiger partial charge in [-0.15, -0.1) is 35.3 Å². The van der Waals surface area contributed by atoms with Gasteiger partial charge in [0.05, 0.1) is 13.1 Å². The van der Waals surface area contributed by atoms with Crippen LogP contribution < -0.4 is 5.32 Å². The van der Waals surface area contributed by atoms with Gasteiger partial charge >= 0.3 is 0 Å². The van der Waals surface area contributed by atoms with Crippen molar-refractivity contribution in [2.75, 3.05) is 58.9 Å². The van der Waals surface area contributed by atoms with Gasteiger partial charge in [0.15, 0.2) is 5.96 Å². The highest BCUT2D eigenvalue weighted by molar-refractivity contribution is 14.0. The molecule has 3 heterocycles. The van der Waals surface area contributed by atoms with Crippen LogP contribution in [0.3, 0.4) is 0 Å². The van der Waals surface area contributed by atoms with Crippen molar-refractivity contribution < 1.29 is 4.79 Å². The Morgan fingerprint density at radius 3 is 2.50 bits per heavy atom. The molecule has 6 nitrogen and oxygen atoms in total. The molecule has 1 aromatic rings. The molecule has 2 aliphatic heterocycles. The number of amides is 1. The molecule has 0 saturated carbocycles. The van der Waals surface area contributed by atoms with Crippen molar-refractivity contribution in [1.82, 2.24) is 20.0 Å². The number of nitrogens with one attached hydrogen (secondary N) is 1. The number of carbonyl (C=O) groups is 1. The summed E-state index contributed by atoms with van der Waals surface area (Å²) in [5, 5.41) is 5.57. The van der Waals surface area contributed by atoms with Crippen molar-refractivity contribution in [3.05, 3.63) is 22.4 Å². The summed E-state index contributed by atoms with van der Waals surface area (Å²) in [4.78, 5) is 25.3. The number of rotatable bonds is 6. The van der Waals surface area contributed by atoms with Crippen LogP contribution in [0.25, 0.3) is 0 Å². The molecule has 3 rings (SSSR count). The molecular weight excluding hydrogens is 485 g/mol. The minimum atomic E-state index is 0. The maximum Gasteiger partial charge on any atom is 0.236 e. The van der Waals surface area contributed by atoms with Crippen LogP contribution in [-0.2, 0) is 4.79 Å². The van der Waals surface area contributed by atoms with Crippen molar-refractivity contribution in [1.29, 1.82) is 0 Å². The largest absolute Gasteiger partial charge is 0.357 e. The summed E-state index contributed by atoms with van der Waals surface area (Å²) in [6, 6.07) is 4.29. The third-order valence-corrected chi connectivity index (χ3v) is 6.47. The maximum absolute atomic E-state index is 12.4. The van der Waals surface area contributed by atoms with Gasteiger partial charge in [0.1, 0.15) is 0 Å². The summed E-state index contributed by atoms with van der Waals surface area (Å²) in [6.45, 7) is 12.2. The molecule has 0 aliphatic carbocycles. The summed E-state index contributed by atoms with van der Waals surface area (Å²) in [5.74, 6) is 1.75. The van der Waals surface area contributed by atoms with Gasteiger partial charge in [-0.25, -0.2) is 0 Å². The Hall–Kier alpha value is -0.870. The molecule has 0 spiro atoms. The van der Waals surface area contributed by atoms with E-state index in [1.54, 1.807) is 11.3 Å². The van der Waals surface area contributed by atoms with E-state index in [4.69, 9.17) is 4.99 Å². The topological polar surface area (TPSA) is 51.2 Å². The molecule has 2 saturated heterocycles. The lowest BCUT2D eigenvalue weighted by molar-refractivity contribution is -0.131. The zero-order valence-corrected chi connectivity index (χ0v) is 20.2. The lowest BCUT2D eigenvalue weighted by atomic mass is 10.1. The Labute approximate surface area is 190 Å². The third-order valence-electron chi connectivity index (χ3n) is 5.37. The predicted octanol–water partition coefficient (Wildman–Crippen LogP) is 2.68. The number of carbonyl (C=O) groups excluding carboxylic acids is 1. The van der Waals surface area contributed by atoms with Crippen LogP contribution in [0.1, 0.15) is 37.5 Å². The number of thiophene rings is 1. The summed E-state index contributed by atoms with van der Waals surface area (Å²) >= 11 is 1.80. The average Bonchev–Trinajstić information content (AvgIpc) is 3.39. The van der Waals surface area contributed by atoms with E-state index in [9.17, 15) is 4.79 Å². The van der Waals surface area contributed by atoms with Crippen molar-refractivity contribution in [2.24, 2.45) is 4.99 Å². The van der Waals surface area contributed by atoms with Gasteiger partial charge in [-0.2, -0.15) is 0 Å². The van der Waals surface area contributed by atoms with Crippen LogP contribution in [0.2, 0.25) is 0 Å². The monoisotopic (exact) mass is 519 g/mol. The Balaban J connectivity index is 0.00000280. The number of halogens is 1. The molecule has 0 radical (unpaired) electrons. The fraction of sp³-hybridized carbons (Fsp3) is 0.700. The summed E-state index contributed by atoms with van der Waals surface area (Å²) in [6.07, 6.45) is 2.32. The molecule has 158 valence electrons. The Bertz CT molecular complexity index is 610. The van der Waals surface area contributed by atoms with Gasteiger partial charge < -0.3 is 15.1 Å². The molecule has 1 unspecified atom stereocenters. The summed E-state index contributed by atoms with van der Waals surface area (Å²) < 4.78 is 0. The second-order valence-electron chi connectivity index (χ2n) is 7.46. The molecule has 2 fully saturated rings. The van der Waals surface area contributed by atoms with Crippen LogP contribution in [0.4, 0.5) is 0 Å². The van der Waals surface area contributed by atoms with Crippen LogP contribution in [0.5, 0.6) is 0 Å². The van der Waals surface area contributed by atoms with Crippen molar-refractivity contribution in [3.8, 4) is 0 Å². The number of hydrogen-bond donors (Lipinski definition) is 1. The molecule has 1 aromatic heterocycles. The van der Waals surface area contributed by atoms with Crippen LogP contribution >= 0.6 is 35.3 Å². The Morgan fingerprint density at radius 1 is 1.18 bits per heavy atom. The molecule has 2 aliphatic rings. The van der Waals surface area contributed by atoms with E-state index in [-0.39, 0.29) is 24.0 Å². The first-order valence-corrected chi connectivity index (χ1v) is 11.1. The molecule has 0 aromatic carbocycles. The third kappa shape index (κ3) is 6.59. The first-order chi connectivity index (χ1) is 13.2. The molecule has 1 amide bonds. The molecule has 0 bridgehead atoms. The number of piperazine rings is 1. The summed E-state index contributed by atoms with van der Waals surface area (Å²) in [7, 11) is 0. The van der Waals surface area contributed by atoms with E-state index in [1.165, 1.54) is 4.88 Å². The fourth-order valence-electron chi connectivity index (χ4n) is 3.69. The standard InChI is InChI=1S/C20H33N5OS.HI/c1-3-21-20(22-15-17(2)18-7-6-14-27-18)25-12-10-23(11-13-25)16-19(26)24-8-4-5-9-24;/h6-7,14,17H,3-5,8-13,15-16H2,1-2H3,(H,21,22);1H. The van der Waals surface area contributed by atoms with E-state index in [1.807, 2.05) is 4.90 Å². The highest BCUT2D eigenvalue weighted by atomic mass is 127. The molecule has 28 heavy (non-hydrogen) atoms. The fourth-order valence-corrected chi connectivity index (χ4v) is 4.46. The highest BCUT2D eigenvalue weighted by Gasteiger charge is 2.24. The van der Waals surface area contributed by atoms with Crippen molar-refractivity contribution in [3.63, 3.8) is 0 Å². The molecule has 1 atom stereocenters. The second kappa shape index (κ2) is 12.0. The lowest BCUT2D eigenvalue weighted by Crippen LogP contribution is -2.54. The highest BCUT2D eigenvalue weighted by Crippen LogP contribution is 2.20. The Kier molecular flexibility index (Phi) is 10.0. The number of hydrogen-bond acceptors (Lipinski definition) is 4. The van der Waals surface area contributed by atoms with Crippen molar-refractivity contribution in [2.45, 2.75) is 32.6 Å². The average molecular weight is 519 g/mol. The zero-order valence-electron chi connectivity index (χ0n) is 17.1. The quantitative estimate of drug-likeness (QED) is 0.357. The first kappa shape index (κ1) is 23.4. The van der Waals surface area contributed by atoms with Crippen LogP contribution in [0, 0.1) is 0 Å².